The SMILES string of the molecule is CC(F)C(F)CC(CF)C1CCC(C2CCC(S)CC2)CC1. The van der Waals surface area contributed by atoms with Crippen LogP contribution in [0.15, 0.2) is 0 Å². The summed E-state index contributed by atoms with van der Waals surface area (Å²) in [6.07, 6.45) is 6.33. The van der Waals surface area contributed by atoms with Gasteiger partial charge in [0, 0.05) is 5.25 Å². The van der Waals surface area contributed by atoms with Crippen LogP contribution in [0.4, 0.5) is 13.2 Å². The molecule has 2 aliphatic rings. The van der Waals surface area contributed by atoms with Crippen molar-refractivity contribution in [2.24, 2.45) is 23.7 Å². The quantitative estimate of drug-likeness (QED) is 0.569. The average molecular weight is 337 g/mol. The molecule has 0 nitrogen and oxygen atoms in total. The fourth-order valence-electron chi connectivity index (χ4n) is 4.52. The normalized spacial score (nSPS) is 37.5. The molecule has 2 rings (SSSR count). The van der Waals surface area contributed by atoms with Crippen molar-refractivity contribution >= 4 is 12.6 Å². The zero-order valence-electron chi connectivity index (χ0n) is 13.7. The molecule has 2 aliphatic carbocycles. The lowest BCUT2D eigenvalue weighted by molar-refractivity contribution is 0.0867. The minimum absolute atomic E-state index is 0.0499. The van der Waals surface area contributed by atoms with Gasteiger partial charge >= 0.3 is 0 Å². The van der Waals surface area contributed by atoms with E-state index in [-0.39, 0.29) is 18.3 Å². The van der Waals surface area contributed by atoms with E-state index in [1.165, 1.54) is 32.6 Å². The van der Waals surface area contributed by atoms with Gasteiger partial charge in [-0.25, -0.2) is 8.78 Å². The van der Waals surface area contributed by atoms with Crippen molar-refractivity contribution in [3.8, 4) is 0 Å². The summed E-state index contributed by atoms with van der Waals surface area (Å²) in [5, 5.41) is 0.577. The van der Waals surface area contributed by atoms with Gasteiger partial charge in [-0.3, -0.25) is 4.39 Å². The van der Waals surface area contributed by atoms with Crippen molar-refractivity contribution in [2.45, 2.75) is 82.3 Å². The van der Waals surface area contributed by atoms with Crippen molar-refractivity contribution in [2.75, 3.05) is 6.67 Å². The number of thiol groups is 1. The Hall–Kier alpha value is 0.140. The zero-order valence-corrected chi connectivity index (χ0v) is 14.6. The lowest BCUT2D eigenvalue weighted by Crippen LogP contribution is -2.31. The number of alkyl halides is 3. The van der Waals surface area contributed by atoms with E-state index >= 15 is 0 Å². The Bertz CT molecular complexity index is 307. The summed E-state index contributed by atoms with van der Waals surface area (Å²) in [6, 6.07) is 0. The smallest absolute Gasteiger partial charge is 0.131 e. The molecule has 0 radical (unpaired) electrons. The highest BCUT2D eigenvalue weighted by Crippen LogP contribution is 2.43. The van der Waals surface area contributed by atoms with Crippen LogP contribution in [0.3, 0.4) is 0 Å². The van der Waals surface area contributed by atoms with Crippen molar-refractivity contribution in [1.29, 1.82) is 0 Å². The van der Waals surface area contributed by atoms with Gasteiger partial charge in [0.1, 0.15) is 12.3 Å². The van der Waals surface area contributed by atoms with Crippen molar-refractivity contribution in [1.82, 2.24) is 0 Å². The molecule has 0 aromatic heterocycles. The molecular formula is C18H31F3S. The number of hydrogen-bond donors (Lipinski definition) is 1. The maximum absolute atomic E-state index is 13.6. The summed E-state index contributed by atoms with van der Waals surface area (Å²) in [4.78, 5) is 0. The Labute approximate surface area is 139 Å². The van der Waals surface area contributed by atoms with Crippen LogP contribution in [0.25, 0.3) is 0 Å². The summed E-state index contributed by atoms with van der Waals surface area (Å²) < 4.78 is 39.8. The van der Waals surface area contributed by atoms with Gasteiger partial charge in [0.05, 0.1) is 6.67 Å². The van der Waals surface area contributed by atoms with E-state index < -0.39 is 19.0 Å². The molecule has 2 fully saturated rings. The Morgan fingerprint density at radius 3 is 1.86 bits per heavy atom. The molecule has 0 heterocycles. The van der Waals surface area contributed by atoms with E-state index in [0.717, 1.165) is 37.5 Å². The molecule has 0 N–H and O–H groups in total. The van der Waals surface area contributed by atoms with Crippen LogP contribution in [0.2, 0.25) is 0 Å². The molecule has 0 amide bonds. The Kier molecular flexibility index (Phi) is 7.43. The second-order valence-electron chi connectivity index (χ2n) is 7.59. The predicted octanol–water partition coefficient (Wildman–Crippen LogP) is 5.95. The molecule has 130 valence electrons. The second kappa shape index (κ2) is 8.84. The lowest BCUT2D eigenvalue weighted by Gasteiger charge is -2.39. The minimum atomic E-state index is -1.51. The van der Waals surface area contributed by atoms with Crippen LogP contribution in [0, 0.1) is 23.7 Å². The topological polar surface area (TPSA) is 0 Å². The fraction of sp³-hybridized carbons (Fsp3) is 1.00. The highest BCUT2D eigenvalue weighted by atomic mass is 32.1. The van der Waals surface area contributed by atoms with Crippen LogP contribution < -0.4 is 0 Å². The van der Waals surface area contributed by atoms with Crippen LogP contribution >= 0.6 is 12.6 Å². The molecule has 0 spiro atoms. The summed E-state index contributed by atoms with van der Waals surface area (Å²) in [5.74, 6) is 1.54. The van der Waals surface area contributed by atoms with E-state index in [0.29, 0.717) is 5.25 Å². The molecule has 3 unspecified atom stereocenters. The van der Waals surface area contributed by atoms with Gasteiger partial charge in [-0.15, -0.1) is 0 Å². The van der Waals surface area contributed by atoms with Gasteiger partial charge in [-0.1, -0.05) is 0 Å². The Balaban J connectivity index is 1.77. The number of hydrogen-bond acceptors (Lipinski definition) is 1. The zero-order chi connectivity index (χ0) is 16.1. The van der Waals surface area contributed by atoms with Crippen LogP contribution in [-0.4, -0.2) is 24.3 Å². The Morgan fingerprint density at radius 1 is 0.909 bits per heavy atom. The molecular weight excluding hydrogens is 305 g/mol. The van der Waals surface area contributed by atoms with E-state index in [9.17, 15) is 13.2 Å². The van der Waals surface area contributed by atoms with E-state index in [4.69, 9.17) is 0 Å². The van der Waals surface area contributed by atoms with E-state index in [1.54, 1.807) is 0 Å². The monoisotopic (exact) mass is 336 g/mol. The highest BCUT2D eigenvalue weighted by Gasteiger charge is 2.34. The van der Waals surface area contributed by atoms with Gasteiger partial charge in [0.2, 0.25) is 0 Å². The lowest BCUT2D eigenvalue weighted by atomic mass is 9.68. The van der Waals surface area contributed by atoms with E-state index in [1.807, 2.05) is 0 Å². The third-order valence-corrected chi connectivity index (χ3v) is 6.63. The molecule has 0 bridgehead atoms. The maximum Gasteiger partial charge on any atom is 0.131 e. The molecule has 4 heteroatoms. The van der Waals surface area contributed by atoms with Gasteiger partial charge in [-0.2, -0.15) is 12.6 Å². The first kappa shape index (κ1) is 18.5. The first-order chi connectivity index (χ1) is 10.5. The highest BCUT2D eigenvalue weighted by molar-refractivity contribution is 7.80. The first-order valence-corrected chi connectivity index (χ1v) is 9.55. The van der Waals surface area contributed by atoms with Crippen LogP contribution in [-0.2, 0) is 0 Å². The summed E-state index contributed by atoms with van der Waals surface area (Å²) in [7, 11) is 0. The molecule has 0 aliphatic heterocycles. The van der Waals surface area contributed by atoms with Gasteiger partial charge in [0.15, 0.2) is 0 Å². The number of rotatable bonds is 6. The van der Waals surface area contributed by atoms with Gasteiger partial charge in [0.25, 0.3) is 0 Å². The van der Waals surface area contributed by atoms with Gasteiger partial charge < -0.3 is 0 Å². The standard InChI is InChI=1S/C18H31F3S/c1-12(20)18(21)10-16(11-19)15-4-2-13(3-5-15)14-6-8-17(22)9-7-14/h12-18,22H,2-11H2,1H3. The summed E-state index contributed by atoms with van der Waals surface area (Å²) in [5.41, 5.74) is 0. The van der Waals surface area contributed by atoms with E-state index in [2.05, 4.69) is 12.6 Å². The average Bonchev–Trinajstić information content (AvgIpc) is 2.53. The van der Waals surface area contributed by atoms with Crippen LogP contribution in [0.5, 0.6) is 0 Å². The molecule has 0 aromatic carbocycles. The van der Waals surface area contributed by atoms with Crippen LogP contribution in [0.1, 0.15) is 64.7 Å². The second-order valence-corrected chi connectivity index (χ2v) is 8.32. The predicted molar refractivity (Wildman–Crippen MR) is 89.7 cm³/mol. The van der Waals surface area contributed by atoms with Crippen molar-refractivity contribution < 1.29 is 13.2 Å². The number of halogens is 3. The third kappa shape index (κ3) is 5.07. The molecule has 3 atom stereocenters. The summed E-state index contributed by atoms with van der Waals surface area (Å²) >= 11 is 4.56. The molecule has 22 heavy (non-hydrogen) atoms. The van der Waals surface area contributed by atoms with Crippen molar-refractivity contribution in [3.63, 3.8) is 0 Å². The molecule has 0 aromatic rings. The Morgan fingerprint density at radius 2 is 1.41 bits per heavy atom. The minimum Gasteiger partial charge on any atom is -0.251 e. The van der Waals surface area contributed by atoms with Crippen molar-refractivity contribution in [3.05, 3.63) is 0 Å². The van der Waals surface area contributed by atoms with Gasteiger partial charge in [-0.05, 0) is 88.4 Å². The third-order valence-electron chi connectivity index (χ3n) is 6.12. The molecule has 2 saturated carbocycles. The maximum atomic E-state index is 13.6. The largest absolute Gasteiger partial charge is 0.251 e. The first-order valence-electron chi connectivity index (χ1n) is 9.03. The summed E-state index contributed by atoms with van der Waals surface area (Å²) in [6.45, 7) is 0.724. The fourth-order valence-corrected chi connectivity index (χ4v) is 4.82. The molecule has 0 saturated heterocycles.